The second-order valence-corrected chi connectivity index (χ2v) is 6.91. The molecule has 1 N–H and O–H groups in total. The van der Waals surface area contributed by atoms with Gasteiger partial charge in [0.15, 0.2) is 5.79 Å². The minimum absolute atomic E-state index is 0.0905. The van der Waals surface area contributed by atoms with Crippen LogP contribution in [-0.2, 0) is 21.9 Å². The van der Waals surface area contributed by atoms with E-state index in [1.54, 1.807) is 0 Å². The third-order valence-electron chi connectivity index (χ3n) is 4.85. The number of benzene rings is 2. The molecule has 1 heterocycles. The summed E-state index contributed by atoms with van der Waals surface area (Å²) in [6, 6.07) is 16.1. The Hall–Kier alpha value is -1.94. The van der Waals surface area contributed by atoms with E-state index in [-0.39, 0.29) is 6.10 Å². The van der Waals surface area contributed by atoms with Crippen molar-refractivity contribution in [1.82, 2.24) is 0 Å². The zero-order valence-electron chi connectivity index (χ0n) is 17.7. The van der Waals surface area contributed by atoms with E-state index in [4.69, 9.17) is 9.47 Å². The minimum Gasteiger partial charge on any atom is -0.374 e. The van der Waals surface area contributed by atoms with E-state index in [2.05, 4.69) is 32.1 Å². The zero-order valence-corrected chi connectivity index (χ0v) is 17.7. The normalized spacial score (nSPS) is 21.5. The van der Waals surface area contributed by atoms with Gasteiger partial charge < -0.3 is 14.6 Å². The van der Waals surface area contributed by atoms with Gasteiger partial charge in [0.25, 0.3) is 0 Å². The molecule has 3 heteroatoms. The van der Waals surface area contributed by atoms with Gasteiger partial charge in [-0.25, -0.2) is 0 Å². The van der Waals surface area contributed by atoms with Crippen molar-refractivity contribution in [1.29, 1.82) is 0 Å². The van der Waals surface area contributed by atoms with Gasteiger partial charge in [-0.15, -0.1) is 0 Å². The van der Waals surface area contributed by atoms with Crippen molar-refractivity contribution < 1.29 is 14.6 Å². The van der Waals surface area contributed by atoms with Crippen LogP contribution < -0.4 is 0 Å². The summed E-state index contributed by atoms with van der Waals surface area (Å²) >= 11 is 0. The predicted octanol–water partition coefficient (Wildman–Crippen LogP) is 5.99. The van der Waals surface area contributed by atoms with Crippen LogP contribution in [0.2, 0.25) is 0 Å². The fraction of sp³-hybridized carbons (Fsp3) is 0.440. The molecule has 2 unspecified atom stereocenters. The van der Waals surface area contributed by atoms with Crippen molar-refractivity contribution in [2.45, 2.75) is 65.5 Å². The summed E-state index contributed by atoms with van der Waals surface area (Å²) in [7, 11) is 0. The highest BCUT2D eigenvalue weighted by molar-refractivity contribution is 5.59. The van der Waals surface area contributed by atoms with Crippen LogP contribution in [0.5, 0.6) is 0 Å². The highest BCUT2D eigenvalue weighted by atomic mass is 16.6. The predicted molar refractivity (Wildman–Crippen MR) is 116 cm³/mol. The Morgan fingerprint density at radius 1 is 1.14 bits per heavy atom. The number of hydrogen-bond acceptors (Lipinski definition) is 3. The summed E-state index contributed by atoms with van der Waals surface area (Å²) < 4.78 is 11.8. The van der Waals surface area contributed by atoms with Crippen LogP contribution in [0.4, 0.5) is 0 Å². The standard InChI is InChI=1S/C23H28O3.C2H6/c1-3-4-12-21-18(2)9-8-13-22(21)23(24)15-14-20(26-23)17-25-16-19-10-6-5-7-11-19;1-2/h4-13,20,24H,3,14-17H2,1-2H3;1-2H3/b12-4-;. The number of aliphatic hydroxyl groups is 1. The highest BCUT2D eigenvalue weighted by Crippen LogP contribution is 2.39. The molecule has 152 valence electrons. The maximum Gasteiger partial charge on any atom is 0.193 e. The summed E-state index contributed by atoms with van der Waals surface area (Å²) in [5.74, 6) is -1.24. The first-order valence-corrected chi connectivity index (χ1v) is 10.4. The van der Waals surface area contributed by atoms with Crippen LogP contribution in [0.15, 0.2) is 54.6 Å². The fourth-order valence-corrected chi connectivity index (χ4v) is 3.43. The lowest BCUT2D eigenvalue weighted by molar-refractivity contribution is -0.208. The molecule has 0 aliphatic carbocycles. The number of allylic oxidation sites excluding steroid dienone is 1. The van der Waals surface area contributed by atoms with Crippen LogP contribution in [0.1, 0.15) is 62.3 Å². The molecule has 2 aromatic carbocycles. The van der Waals surface area contributed by atoms with Crippen LogP contribution in [0.3, 0.4) is 0 Å². The SMILES string of the molecule is CC.CC/C=C\c1c(C)cccc1C1(O)CCC(COCc2ccccc2)O1. The van der Waals surface area contributed by atoms with Crippen molar-refractivity contribution >= 4 is 6.08 Å². The molecule has 28 heavy (non-hydrogen) atoms. The lowest BCUT2D eigenvalue weighted by Crippen LogP contribution is -2.28. The zero-order chi connectivity index (χ0) is 20.4. The number of aryl methyl sites for hydroxylation is 1. The first-order chi connectivity index (χ1) is 13.6. The molecule has 0 saturated carbocycles. The van der Waals surface area contributed by atoms with Gasteiger partial charge in [-0.3, -0.25) is 0 Å². The number of rotatable bonds is 7. The van der Waals surface area contributed by atoms with E-state index in [1.165, 1.54) is 0 Å². The van der Waals surface area contributed by atoms with Gasteiger partial charge in [-0.1, -0.05) is 81.5 Å². The van der Waals surface area contributed by atoms with E-state index in [9.17, 15) is 5.11 Å². The number of hydrogen-bond donors (Lipinski definition) is 1. The Labute approximate surface area is 170 Å². The van der Waals surface area contributed by atoms with Crippen LogP contribution in [-0.4, -0.2) is 17.8 Å². The molecule has 2 atom stereocenters. The van der Waals surface area contributed by atoms with Crippen molar-refractivity contribution in [2.75, 3.05) is 6.61 Å². The summed E-state index contributed by atoms with van der Waals surface area (Å²) in [5.41, 5.74) is 4.20. The molecule has 0 amide bonds. The summed E-state index contributed by atoms with van der Waals surface area (Å²) in [6.07, 6.45) is 6.45. The van der Waals surface area contributed by atoms with Gasteiger partial charge in [-0.2, -0.15) is 0 Å². The summed E-state index contributed by atoms with van der Waals surface area (Å²) in [6.45, 7) is 9.23. The van der Waals surface area contributed by atoms with E-state index in [0.29, 0.717) is 19.6 Å². The van der Waals surface area contributed by atoms with Crippen LogP contribution >= 0.6 is 0 Å². The van der Waals surface area contributed by atoms with Crippen molar-refractivity contribution in [3.05, 3.63) is 76.9 Å². The van der Waals surface area contributed by atoms with E-state index >= 15 is 0 Å². The monoisotopic (exact) mass is 382 g/mol. The summed E-state index contributed by atoms with van der Waals surface area (Å²) in [5, 5.41) is 11.1. The molecule has 0 radical (unpaired) electrons. The van der Waals surface area contributed by atoms with Crippen molar-refractivity contribution in [2.24, 2.45) is 0 Å². The maximum absolute atomic E-state index is 11.1. The molecule has 0 bridgehead atoms. The Balaban J connectivity index is 0.00000136. The Kier molecular flexibility index (Phi) is 8.91. The van der Waals surface area contributed by atoms with Crippen molar-refractivity contribution in [3.63, 3.8) is 0 Å². The van der Waals surface area contributed by atoms with Gasteiger partial charge in [0.05, 0.1) is 19.3 Å². The smallest absolute Gasteiger partial charge is 0.193 e. The average molecular weight is 383 g/mol. The Morgan fingerprint density at radius 2 is 1.89 bits per heavy atom. The largest absolute Gasteiger partial charge is 0.374 e. The van der Waals surface area contributed by atoms with E-state index in [1.807, 2.05) is 56.3 Å². The molecule has 1 aliphatic rings. The average Bonchev–Trinajstić information content (AvgIpc) is 3.11. The van der Waals surface area contributed by atoms with Gasteiger partial charge in [0.1, 0.15) is 0 Å². The van der Waals surface area contributed by atoms with Crippen LogP contribution in [0, 0.1) is 6.92 Å². The molecule has 3 rings (SSSR count). The molecule has 1 saturated heterocycles. The third-order valence-corrected chi connectivity index (χ3v) is 4.85. The van der Waals surface area contributed by atoms with Gasteiger partial charge >= 0.3 is 0 Å². The Bertz CT molecular complexity index is 739. The second-order valence-electron chi connectivity index (χ2n) is 6.91. The molecule has 2 aromatic rings. The first kappa shape index (κ1) is 22.4. The van der Waals surface area contributed by atoms with Gasteiger partial charge in [0.2, 0.25) is 0 Å². The fourth-order valence-electron chi connectivity index (χ4n) is 3.43. The number of ether oxygens (including phenoxy) is 2. The van der Waals surface area contributed by atoms with E-state index < -0.39 is 5.79 Å². The highest BCUT2D eigenvalue weighted by Gasteiger charge is 2.41. The molecule has 0 aromatic heterocycles. The second kappa shape index (κ2) is 11.2. The lowest BCUT2D eigenvalue weighted by Gasteiger charge is -2.26. The van der Waals surface area contributed by atoms with Crippen molar-refractivity contribution in [3.8, 4) is 0 Å². The van der Waals surface area contributed by atoms with E-state index in [0.717, 1.165) is 35.1 Å². The minimum atomic E-state index is -1.24. The summed E-state index contributed by atoms with van der Waals surface area (Å²) in [4.78, 5) is 0. The first-order valence-electron chi connectivity index (χ1n) is 10.4. The molecule has 3 nitrogen and oxygen atoms in total. The maximum atomic E-state index is 11.1. The molecule has 1 aliphatic heterocycles. The molecule has 1 fully saturated rings. The molecule has 0 spiro atoms. The van der Waals surface area contributed by atoms with Gasteiger partial charge in [0, 0.05) is 12.0 Å². The Morgan fingerprint density at radius 3 is 2.61 bits per heavy atom. The quantitative estimate of drug-likeness (QED) is 0.640. The third kappa shape index (κ3) is 5.78. The molecular formula is C25H34O3. The van der Waals surface area contributed by atoms with Gasteiger partial charge in [-0.05, 0) is 36.5 Å². The molecular weight excluding hydrogens is 348 g/mol. The van der Waals surface area contributed by atoms with Crippen LogP contribution in [0.25, 0.3) is 6.08 Å². The topological polar surface area (TPSA) is 38.7 Å². The lowest BCUT2D eigenvalue weighted by atomic mass is 9.93.